The first kappa shape index (κ1) is 36.4. The molecule has 0 aliphatic carbocycles. The summed E-state index contributed by atoms with van der Waals surface area (Å²) in [5.41, 5.74) is 1.27. The molecule has 0 spiro atoms. The van der Waals surface area contributed by atoms with E-state index in [0.717, 1.165) is 10.9 Å². The van der Waals surface area contributed by atoms with Gasteiger partial charge in [-0.3, -0.25) is 9.52 Å². The second kappa shape index (κ2) is 15.1. The SMILES string of the molecule is COc1cccc(OC)c1-c1ccc(CC(NC(=O)c2c(F)cc(NS(=O)(=O)c3ccc(-c4ccnc(F)c4)cc3)cc2F)C(=O)O)c2ccccc12. The average molecular weight is 742 g/mol. The monoisotopic (exact) mass is 741 g/mol. The standard InChI is InChI=1S/C39H30F3N3O7S/c1-51-33-8-5-9-34(52-2)36(33)29-15-12-24(27-6-3-4-7-28(27)29)18-32(39(47)48)44-38(46)37-30(40)20-25(21-31(37)41)45-53(49,50)26-13-10-22(11-14-26)23-16-17-43-35(42)19-23/h3-17,19-21,32,45H,18H2,1-2H3,(H,44,46)(H,47,48). The number of anilines is 1. The Morgan fingerprint density at radius 3 is 2.04 bits per heavy atom. The summed E-state index contributed by atoms with van der Waals surface area (Å²) in [5.74, 6) is -5.29. The highest BCUT2D eigenvalue weighted by Crippen LogP contribution is 2.42. The van der Waals surface area contributed by atoms with Crippen LogP contribution < -0.4 is 19.5 Å². The zero-order valence-corrected chi connectivity index (χ0v) is 28.9. The molecule has 53 heavy (non-hydrogen) atoms. The molecule has 0 saturated heterocycles. The van der Waals surface area contributed by atoms with Crippen LogP contribution in [-0.4, -0.2) is 50.6 Å². The molecule has 10 nitrogen and oxygen atoms in total. The van der Waals surface area contributed by atoms with Gasteiger partial charge in [0.2, 0.25) is 5.95 Å². The molecule has 0 fully saturated rings. The summed E-state index contributed by atoms with van der Waals surface area (Å²) < 4.78 is 83.4. The first-order chi connectivity index (χ1) is 25.4. The number of amides is 1. The molecular formula is C39H30F3N3O7S. The van der Waals surface area contributed by atoms with Crippen molar-refractivity contribution in [3.63, 3.8) is 0 Å². The zero-order chi connectivity index (χ0) is 37.9. The Balaban J connectivity index is 1.22. The number of fused-ring (bicyclic) bond motifs is 1. The van der Waals surface area contributed by atoms with Crippen molar-refractivity contribution in [2.45, 2.75) is 17.4 Å². The Bertz CT molecular complexity index is 2430. The van der Waals surface area contributed by atoms with E-state index in [2.05, 4.69) is 15.0 Å². The predicted octanol–water partition coefficient (Wildman–Crippen LogP) is 7.23. The van der Waals surface area contributed by atoms with Crippen molar-refractivity contribution in [1.82, 2.24) is 10.3 Å². The molecule has 0 bridgehead atoms. The van der Waals surface area contributed by atoms with Crippen molar-refractivity contribution >= 4 is 38.4 Å². The third-order valence-electron chi connectivity index (χ3n) is 8.48. The number of aliphatic carboxylic acids is 1. The minimum atomic E-state index is -4.36. The smallest absolute Gasteiger partial charge is 0.326 e. The van der Waals surface area contributed by atoms with Gasteiger partial charge in [0, 0.05) is 18.7 Å². The van der Waals surface area contributed by atoms with Crippen molar-refractivity contribution in [3.05, 3.63) is 138 Å². The number of carboxylic acids is 1. The van der Waals surface area contributed by atoms with Crippen molar-refractivity contribution in [3.8, 4) is 33.8 Å². The van der Waals surface area contributed by atoms with Crippen LogP contribution in [0.1, 0.15) is 15.9 Å². The molecule has 5 aromatic carbocycles. The summed E-state index contributed by atoms with van der Waals surface area (Å²) in [6.45, 7) is 0. The Morgan fingerprint density at radius 1 is 0.792 bits per heavy atom. The van der Waals surface area contributed by atoms with E-state index in [0.29, 0.717) is 51.3 Å². The van der Waals surface area contributed by atoms with Gasteiger partial charge >= 0.3 is 5.97 Å². The van der Waals surface area contributed by atoms with Crippen LogP contribution in [0.4, 0.5) is 18.9 Å². The fourth-order valence-electron chi connectivity index (χ4n) is 6.00. The minimum Gasteiger partial charge on any atom is -0.496 e. The molecular weight excluding hydrogens is 712 g/mol. The maximum atomic E-state index is 15.3. The van der Waals surface area contributed by atoms with Gasteiger partial charge in [0.05, 0.1) is 30.4 Å². The second-order valence-electron chi connectivity index (χ2n) is 11.7. The lowest BCUT2D eigenvalue weighted by molar-refractivity contribution is -0.139. The molecule has 3 N–H and O–H groups in total. The van der Waals surface area contributed by atoms with Crippen LogP contribution in [0.3, 0.4) is 0 Å². The number of benzene rings is 5. The van der Waals surface area contributed by atoms with E-state index in [1.807, 2.05) is 12.1 Å². The number of sulfonamides is 1. The number of ether oxygens (including phenoxy) is 2. The highest BCUT2D eigenvalue weighted by molar-refractivity contribution is 7.92. The lowest BCUT2D eigenvalue weighted by atomic mass is 9.91. The van der Waals surface area contributed by atoms with E-state index in [1.54, 1.807) is 42.5 Å². The number of nitrogens with zero attached hydrogens (tertiary/aromatic N) is 1. The molecule has 14 heteroatoms. The molecule has 270 valence electrons. The molecule has 6 aromatic rings. The van der Waals surface area contributed by atoms with Crippen LogP contribution in [0.5, 0.6) is 11.5 Å². The van der Waals surface area contributed by atoms with E-state index in [1.165, 1.54) is 56.8 Å². The second-order valence-corrected chi connectivity index (χ2v) is 13.4. The Labute approximate surface area is 301 Å². The van der Waals surface area contributed by atoms with E-state index in [4.69, 9.17) is 9.47 Å². The molecule has 0 saturated carbocycles. The van der Waals surface area contributed by atoms with Crippen molar-refractivity contribution in [2.75, 3.05) is 18.9 Å². The summed E-state index contributed by atoms with van der Waals surface area (Å²) in [6.07, 6.45) is 1.01. The van der Waals surface area contributed by atoms with Crippen LogP contribution in [0.2, 0.25) is 0 Å². The first-order valence-corrected chi connectivity index (χ1v) is 17.4. The van der Waals surface area contributed by atoms with Crippen LogP contribution in [0, 0.1) is 17.6 Å². The van der Waals surface area contributed by atoms with Crippen molar-refractivity contribution in [2.24, 2.45) is 0 Å². The summed E-state index contributed by atoms with van der Waals surface area (Å²) in [6, 6.07) is 23.6. The van der Waals surface area contributed by atoms with Crippen LogP contribution in [-0.2, 0) is 21.2 Å². The molecule has 1 atom stereocenters. The highest BCUT2D eigenvalue weighted by atomic mass is 32.2. The van der Waals surface area contributed by atoms with E-state index >= 15 is 8.78 Å². The fraction of sp³-hybridized carbons (Fsp3) is 0.103. The maximum Gasteiger partial charge on any atom is 0.326 e. The van der Waals surface area contributed by atoms with Gasteiger partial charge in [-0.25, -0.2) is 27.0 Å². The van der Waals surface area contributed by atoms with Crippen LogP contribution >= 0.6 is 0 Å². The summed E-state index contributed by atoms with van der Waals surface area (Å²) in [4.78, 5) is 28.8. The quantitative estimate of drug-likeness (QED) is 0.112. The lowest BCUT2D eigenvalue weighted by Gasteiger charge is -2.19. The third-order valence-corrected chi connectivity index (χ3v) is 9.88. The molecule has 1 heterocycles. The Kier molecular flexibility index (Phi) is 10.3. The zero-order valence-electron chi connectivity index (χ0n) is 28.1. The van der Waals surface area contributed by atoms with E-state index in [-0.39, 0.29) is 11.3 Å². The Hall–Kier alpha value is -6.41. The first-order valence-electron chi connectivity index (χ1n) is 15.9. The van der Waals surface area contributed by atoms with E-state index in [9.17, 15) is 27.5 Å². The van der Waals surface area contributed by atoms with E-state index < -0.39 is 56.8 Å². The number of nitrogens with one attached hydrogen (secondary N) is 2. The van der Waals surface area contributed by atoms with Gasteiger partial charge in [0.15, 0.2) is 0 Å². The van der Waals surface area contributed by atoms with Gasteiger partial charge in [0.1, 0.15) is 34.7 Å². The number of carbonyl (C=O) groups is 2. The molecule has 0 radical (unpaired) electrons. The topological polar surface area (TPSA) is 144 Å². The molecule has 1 unspecified atom stereocenters. The number of hydrogen-bond donors (Lipinski definition) is 3. The number of methoxy groups -OCH3 is 2. The number of halogens is 3. The van der Waals surface area contributed by atoms with Gasteiger partial charge in [-0.1, -0.05) is 54.6 Å². The molecule has 1 aromatic heterocycles. The highest BCUT2D eigenvalue weighted by Gasteiger charge is 2.27. The predicted molar refractivity (Wildman–Crippen MR) is 192 cm³/mol. The van der Waals surface area contributed by atoms with Gasteiger partial charge in [0.25, 0.3) is 15.9 Å². The molecule has 6 rings (SSSR count). The van der Waals surface area contributed by atoms with Crippen LogP contribution in [0.15, 0.2) is 114 Å². The summed E-state index contributed by atoms with van der Waals surface area (Å²) in [5, 5.41) is 13.6. The lowest BCUT2D eigenvalue weighted by Crippen LogP contribution is -2.43. The average Bonchev–Trinajstić information content (AvgIpc) is 3.14. The maximum absolute atomic E-state index is 15.3. The Morgan fingerprint density at radius 2 is 1.43 bits per heavy atom. The van der Waals surface area contributed by atoms with Gasteiger partial charge in [-0.05, 0) is 75.5 Å². The fourth-order valence-corrected chi connectivity index (χ4v) is 7.04. The normalized spacial score (nSPS) is 11.9. The van der Waals surface area contributed by atoms with Gasteiger partial charge in [-0.15, -0.1) is 0 Å². The minimum absolute atomic E-state index is 0.249. The number of pyridine rings is 1. The number of carboxylic acid groups (broad SMARTS) is 1. The summed E-state index contributed by atoms with van der Waals surface area (Å²) in [7, 11) is -1.30. The molecule has 1 amide bonds. The van der Waals surface area contributed by atoms with Gasteiger partial charge in [-0.2, -0.15) is 4.39 Å². The largest absolute Gasteiger partial charge is 0.496 e. The number of rotatable bonds is 12. The number of aromatic nitrogens is 1. The van der Waals surface area contributed by atoms with Crippen molar-refractivity contribution in [1.29, 1.82) is 0 Å². The number of carbonyl (C=O) groups excluding carboxylic acids is 1. The number of hydrogen-bond acceptors (Lipinski definition) is 7. The molecule has 0 aliphatic heterocycles. The molecule has 0 aliphatic rings. The summed E-state index contributed by atoms with van der Waals surface area (Å²) >= 11 is 0. The van der Waals surface area contributed by atoms with Crippen LogP contribution in [0.25, 0.3) is 33.0 Å². The van der Waals surface area contributed by atoms with Crippen molar-refractivity contribution < 1.29 is 45.8 Å². The third kappa shape index (κ3) is 7.62. The van der Waals surface area contributed by atoms with Gasteiger partial charge < -0.3 is 19.9 Å².